The highest BCUT2D eigenvalue weighted by molar-refractivity contribution is 6.31. The summed E-state index contributed by atoms with van der Waals surface area (Å²) in [4.78, 5) is 22.6. The van der Waals surface area contributed by atoms with Crippen LogP contribution in [0.4, 0.5) is 0 Å². The van der Waals surface area contributed by atoms with E-state index < -0.39 is 0 Å². The van der Waals surface area contributed by atoms with Gasteiger partial charge in [-0.1, -0.05) is 18.2 Å². The molecular weight excluding hydrogens is 426 g/mol. The van der Waals surface area contributed by atoms with Crippen LogP contribution in [0.5, 0.6) is 12.0 Å². The number of rotatable bonds is 6. The topological polar surface area (TPSA) is 95.8 Å². The van der Waals surface area contributed by atoms with E-state index in [4.69, 9.17) is 55.9 Å². The first-order valence-corrected chi connectivity index (χ1v) is 8.47. The second-order valence-corrected chi connectivity index (χ2v) is 6.06. The molecule has 0 saturated carbocycles. The van der Waals surface area contributed by atoms with Crippen LogP contribution in [0.25, 0.3) is 0 Å². The van der Waals surface area contributed by atoms with Crippen LogP contribution in [0.3, 0.4) is 0 Å². The summed E-state index contributed by atoms with van der Waals surface area (Å²) in [5.41, 5.74) is 1.70. The van der Waals surface area contributed by atoms with Gasteiger partial charge in [-0.3, -0.25) is 0 Å². The predicted octanol–water partition coefficient (Wildman–Crippen LogP) is 3.83. The average molecular weight is 434 g/mol. The second kappa shape index (κ2) is 8.59. The van der Waals surface area contributed by atoms with Crippen molar-refractivity contribution < 1.29 is 9.47 Å². The van der Waals surface area contributed by atoms with Crippen molar-refractivity contribution in [3.8, 4) is 12.0 Å². The van der Waals surface area contributed by atoms with Crippen LogP contribution in [-0.2, 0) is 13.2 Å². The lowest BCUT2D eigenvalue weighted by Crippen LogP contribution is -2.03. The molecular formula is C14H8Cl4N6O2. The molecule has 134 valence electrons. The lowest BCUT2D eigenvalue weighted by atomic mass is 10.1. The molecule has 0 fully saturated rings. The minimum atomic E-state index is -0.0446. The van der Waals surface area contributed by atoms with Gasteiger partial charge in [0.05, 0.1) is 0 Å². The van der Waals surface area contributed by atoms with E-state index in [9.17, 15) is 0 Å². The number of benzene rings is 1. The number of aromatic nitrogens is 6. The molecule has 2 aromatic heterocycles. The van der Waals surface area contributed by atoms with Gasteiger partial charge in [0.25, 0.3) is 0 Å². The lowest BCUT2D eigenvalue weighted by Gasteiger charge is -2.08. The molecule has 3 aromatic rings. The van der Waals surface area contributed by atoms with Gasteiger partial charge >= 0.3 is 12.0 Å². The summed E-state index contributed by atoms with van der Waals surface area (Å²) < 4.78 is 10.9. The Morgan fingerprint density at radius 2 is 1.00 bits per heavy atom. The van der Waals surface area contributed by atoms with Gasteiger partial charge in [0.15, 0.2) is 0 Å². The second-order valence-electron chi connectivity index (χ2n) is 4.71. The largest absolute Gasteiger partial charge is 0.458 e. The zero-order chi connectivity index (χ0) is 18.5. The third-order valence-electron chi connectivity index (χ3n) is 2.85. The van der Waals surface area contributed by atoms with Crippen molar-refractivity contribution in [1.29, 1.82) is 0 Å². The minimum Gasteiger partial charge on any atom is -0.458 e. The quantitative estimate of drug-likeness (QED) is 0.578. The molecule has 3 rings (SSSR count). The number of ether oxygens (including phenoxy) is 2. The molecule has 0 N–H and O–H groups in total. The molecule has 0 atom stereocenters. The monoisotopic (exact) mass is 432 g/mol. The van der Waals surface area contributed by atoms with E-state index in [0.29, 0.717) is 0 Å². The first-order valence-electron chi connectivity index (χ1n) is 6.95. The molecule has 0 radical (unpaired) electrons. The van der Waals surface area contributed by atoms with Crippen LogP contribution < -0.4 is 9.47 Å². The third kappa shape index (κ3) is 5.50. The summed E-state index contributed by atoms with van der Waals surface area (Å²) in [5.74, 6) is 0. The molecule has 0 unspecified atom stereocenters. The molecule has 26 heavy (non-hydrogen) atoms. The fraction of sp³-hybridized carbons (Fsp3) is 0.143. The molecule has 8 nitrogen and oxygen atoms in total. The third-order valence-corrected chi connectivity index (χ3v) is 3.52. The molecule has 0 bridgehead atoms. The Morgan fingerprint density at radius 1 is 0.615 bits per heavy atom. The van der Waals surface area contributed by atoms with Crippen LogP contribution >= 0.6 is 46.4 Å². The Kier molecular flexibility index (Phi) is 6.20. The highest BCUT2D eigenvalue weighted by Gasteiger charge is 2.07. The minimum absolute atomic E-state index is 0.0334. The van der Waals surface area contributed by atoms with Gasteiger partial charge < -0.3 is 9.47 Å². The van der Waals surface area contributed by atoms with E-state index >= 15 is 0 Å². The van der Waals surface area contributed by atoms with Gasteiger partial charge in [-0.05, 0) is 63.6 Å². The molecule has 0 aliphatic carbocycles. The SMILES string of the molecule is Clc1nc(Cl)nc(OCc2cccc(COc3nc(Cl)nc(Cl)n3)c2)n1. The van der Waals surface area contributed by atoms with Crippen molar-refractivity contribution >= 4 is 46.4 Å². The average Bonchev–Trinajstić information content (AvgIpc) is 2.57. The van der Waals surface area contributed by atoms with E-state index in [0.717, 1.165) is 11.1 Å². The van der Waals surface area contributed by atoms with Crippen LogP contribution in [0.2, 0.25) is 21.1 Å². The molecule has 0 amide bonds. The highest BCUT2D eigenvalue weighted by Crippen LogP contribution is 2.16. The first kappa shape index (κ1) is 18.8. The van der Waals surface area contributed by atoms with E-state index in [1.54, 1.807) is 0 Å². The van der Waals surface area contributed by atoms with Crippen molar-refractivity contribution in [2.45, 2.75) is 13.2 Å². The Hall–Kier alpha value is -2.00. The van der Waals surface area contributed by atoms with Crippen LogP contribution in [0, 0.1) is 0 Å². The van der Waals surface area contributed by atoms with Gasteiger partial charge in [-0.2, -0.15) is 29.9 Å². The van der Waals surface area contributed by atoms with Crippen LogP contribution in [-0.4, -0.2) is 29.9 Å². The number of nitrogens with zero attached hydrogens (tertiary/aromatic N) is 6. The van der Waals surface area contributed by atoms with E-state index in [2.05, 4.69) is 29.9 Å². The first-order chi connectivity index (χ1) is 12.5. The summed E-state index contributed by atoms with van der Waals surface area (Å²) in [6.45, 7) is 0.405. The maximum Gasteiger partial charge on any atom is 0.322 e. The Morgan fingerprint density at radius 3 is 1.38 bits per heavy atom. The van der Waals surface area contributed by atoms with Crippen molar-refractivity contribution in [3.05, 3.63) is 56.5 Å². The smallest absolute Gasteiger partial charge is 0.322 e. The lowest BCUT2D eigenvalue weighted by molar-refractivity contribution is 0.274. The number of hydrogen-bond donors (Lipinski definition) is 0. The fourth-order valence-corrected chi connectivity index (χ4v) is 2.55. The predicted molar refractivity (Wildman–Crippen MR) is 94.8 cm³/mol. The standard InChI is InChI=1S/C14H8Cl4N6O2/c15-9-19-10(16)22-13(21-9)25-5-7-2-1-3-8(4-7)6-26-14-23-11(17)20-12(18)24-14/h1-4H,5-6H2. The van der Waals surface area contributed by atoms with Gasteiger partial charge in [0.1, 0.15) is 13.2 Å². The highest BCUT2D eigenvalue weighted by atomic mass is 35.5. The number of halogens is 4. The molecule has 0 aliphatic heterocycles. The molecule has 1 aromatic carbocycles. The van der Waals surface area contributed by atoms with Gasteiger partial charge in [0, 0.05) is 0 Å². The summed E-state index contributed by atoms with van der Waals surface area (Å²) in [7, 11) is 0. The van der Waals surface area contributed by atoms with E-state index in [-0.39, 0.29) is 46.4 Å². The fourth-order valence-electron chi connectivity index (χ4n) is 1.85. The van der Waals surface area contributed by atoms with Gasteiger partial charge in [-0.15, -0.1) is 0 Å². The maximum atomic E-state index is 5.70. The summed E-state index contributed by atoms with van der Waals surface area (Å²) in [6, 6.07) is 7.51. The van der Waals surface area contributed by atoms with E-state index in [1.807, 2.05) is 24.3 Å². The van der Waals surface area contributed by atoms with Crippen molar-refractivity contribution in [1.82, 2.24) is 29.9 Å². The molecule has 12 heteroatoms. The van der Waals surface area contributed by atoms with Crippen molar-refractivity contribution in [2.75, 3.05) is 0 Å². The normalized spacial score (nSPS) is 10.6. The Labute approximate surface area is 167 Å². The summed E-state index contributed by atoms with van der Waals surface area (Å²) in [5, 5.41) is -0.178. The van der Waals surface area contributed by atoms with E-state index in [1.165, 1.54) is 0 Å². The Bertz CT molecular complexity index is 818. The van der Waals surface area contributed by atoms with Gasteiger partial charge in [-0.25, -0.2) is 0 Å². The van der Waals surface area contributed by atoms with Crippen molar-refractivity contribution in [3.63, 3.8) is 0 Å². The Balaban J connectivity index is 1.62. The number of hydrogen-bond acceptors (Lipinski definition) is 8. The summed E-state index contributed by atoms with van der Waals surface area (Å²) >= 11 is 22.8. The summed E-state index contributed by atoms with van der Waals surface area (Å²) in [6.07, 6.45) is 0. The maximum absolute atomic E-state index is 5.70. The van der Waals surface area contributed by atoms with Crippen molar-refractivity contribution in [2.24, 2.45) is 0 Å². The molecule has 0 saturated heterocycles. The zero-order valence-electron chi connectivity index (χ0n) is 12.7. The van der Waals surface area contributed by atoms with Gasteiger partial charge in [0.2, 0.25) is 21.1 Å². The molecule has 2 heterocycles. The van der Waals surface area contributed by atoms with Crippen LogP contribution in [0.1, 0.15) is 11.1 Å². The molecule has 0 aliphatic rings. The molecule has 0 spiro atoms. The van der Waals surface area contributed by atoms with Crippen LogP contribution in [0.15, 0.2) is 24.3 Å². The zero-order valence-corrected chi connectivity index (χ0v) is 15.8.